The van der Waals surface area contributed by atoms with Crippen LogP contribution < -0.4 is 5.32 Å². The summed E-state index contributed by atoms with van der Waals surface area (Å²) in [5.41, 5.74) is -0.494. The van der Waals surface area contributed by atoms with Crippen LogP contribution in [-0.2, 0) is 9.53 Å². The van der Waals surface area contributed by atoms with Crippen LogP contribution >= 0.6 is 0 Å². The second-order valence-electron chi connectivity index (χ2n) is 4.01. The molecule has 1 aliphatic carbocycles. The van der Waals surface area contributed by atoms with E-state index >= 15 is 0 Å². The Morgan fingerprint density at radius 2 is 2.33 bits per heavy atom. The minimum Gasteiger partial charge on any atom is -0.481 e. The van der Waals surface area contributed by atoms with Crippen LogP contribution in [0.4, 0.5) is 0 Å². The third kappa shape index (κ3) is 0.820. The molecule has 0 unspecified atom stereocenters. The summed E-state index contributed by atoms with van der Waals surface area (Å²) in [6, 6.07) is 0. The van der Waals surface area contributed by atoms with Crippen LogP contribution in [0, 0.1) is 5.41 Å². The van der Waals surface area contributed by atoms with Crippen LogP contribution in [-0.4, -0.2) is 36.9 Å². The normalized spacial score (nSPS) is 44.1. The molecular formula is C8H13NO3. The van der Waals surface area contributed by atoms with E-state index in [9.17, 15) is 4.79 Å². The van der Waals surface area contributed by atoms with Gasteiger partial charge >= 0.3 is 5.97 Å². The summed E-state index contributed by atoms with van der Waals surface area (Å²) in [7, 11) is 1.65. The third-order valence-electron chi connectivity index (χ3n) is 3.03. The van der Waals surface area contributed by atoms with Crippen molar-refractivity contribution in [1.82, 2.24) is 5.32 Å². The van der Waals surface area contributed by atoms with Gasteiger partial charge < -0.3 is 15.2 Å². The number of carboxylic acids is 1. The van der Waals surface area contributed by atoms with Gasteiger partial charge in [0.25, 0.3) is 0 Å². The fraction of sp³-hybridized carbons (Fsp3) is 0.875. The second kappa shape index (κ2) is 2.20. The molecule has 0 aromatic rings. The van der Waals surface area contributed by atoms with E-state index in [4.69, 9.17) is 9.84 Å². The molecule has 4 nitrogen and oxygen atoms in total. The second-order valence-corrected chi connectivity index (χ2v) is 4.01. The van der Waals surface area contributed by atoms with E-state index in [0.717, 1.165) is 12.8 Å². The van der Waals surface area contributed by atoms with Gasteiger partial charge in [-0.1, -0.05) is 0 Å². The maximum Gasteiger partial charge on any atom is 0.311 e. The lowest BCUT2D eigenvalue weighted by Crippen LogP contribution is -2.53. The molecule has 68 valence electrons. The van der Waals surface area contributed by atoms with Crippen molar-refractivity contribution in [3.05, 3.63) is 0 Å². The minimum absolute atomic E-state index is 0.0207. The maximum absolute atomic E-state index is 10.8. The van der Waals surface area contributed by atoms with Crippen molar-refractivity contribution in [2.45, 2.75) is 18.4 Å². The summed E-state index contributed by atoms with van der Waals surface area (Å²) in [6.45, 7) is 1.23. The molecule has 2 saturated heterocycles. The highest BCUT2D eigenvalue weighted by atomic mass is 16.5. The lowest BCUT2D eigenvalue weighted by Gasteiger charge is -2.42. The van der Waals surface area contributed by atoms with E-state index in [1.165, 1.54) is 0 Å². The molecular weight excluding hydrogens is 158 g/mol. The third-order valence-corrected chi connectivity index (χ3v) is 3.03. The summed E-state index contributed by atoms with van der Waals surface area (Å²) in [5, 5.41) is 12.1. The Bertz CT molecular complexity index is 220. The van der Waals surface area contributed by atoms with Crippen LogP contribution in [0.2, 0.25) is 0 Å². The Balaban J connectivity index is 2.05. The molecule has 0 aromatic heterocycles. The highest BCUT2D eigenvalue weighted by molar-refractivity contribution is 5.78. The van der Waals surface area contributed by atoms with Crippen LogP contribution in [0.5, 0.6) is 0 Å². The predicted molar refractivity (Wildman–Crippen MR) is 41.9 cm³/mol. The van der Waals surface area contributed by atoms with Crippen molar-refractivity contribution in [2.75, 3.05) is 20.3 Å². The molecule has 0 spiro atoms. The number of rotatable bonds is 3. The molecule has 0 atom stereocenters. The summed E-state index contributed by atoms with van der Waals surface area (Å²) in [5.74, 6) is -0.667. The molecule has 3 fully saturated rings. The number of hydrogen-bond donors (Lipinski definition) is 2. The number of hydrogen-bond acceptors (Lipinski definition) is 3. The van der Waals surface area contributed by atoms with Crippen molar-refractivity contribution < 1.29 is 14.6 Å². The van der Waals surface area contributed by atoms with Gasteiger partial charge in [-0.2, -0.15) is 0 Å². The molecule has 0 amide bonds. The van der Waals surface area contributed by atoms with Crippen molar-refractivity contribution >= 4 is 5.97 Å². The largest absolute Gasteiger partial charge is 0.481 e. The number of nitrogens with one attached hydrogen (secondary N) is 1. The average Bonchev–Trinajstić information content (AvgIpc) is 2.42. The monoisotopic (exact) mass is 171 g/mol. The Morgan fingerprint density at radius 1 is 1.67 bits per heavy atom. The van der Waals surface area contributed by atoms with Crippen LogP contribution in [0.25, 0.3) is 0 Å². The smallest absolute Gasteiger partial charge is 0.311 e. The number of methoxy groups -OCH3 is 1. The fourth-order valence-corrected chi connectivity index (χ4v) is 2.51. The van der Waals surface area contributed by atoms with Gasteiger partial charge in [0.1, 0.15) is 0 Å². The lowest BCUT2D eigenvalue weighted by atomic mass is 9.62. The average molecular weight is 171 g/mol. The highest BCUT2D eigenvalue weighted by Gasteiger charge is 2.64. The number of carbonyl (C=O) groups is 1. The molecule has 3 aliphatic rings. The zero-order chi connectivity index (χ0) is 8.82. The first-order valence-electron chi connectivity index (χ1n) is 4.10. The van der Waals surface area contributed by atoms with E-state index in [0.29, 0.717) is 13.2 Å². The molecule has 2 heterocycles. The summed E-state index contributed by atoms with van der Waals surface area (Å²) >= 11 is 0. The van der Waals surface area contributed by atoms with Crippen molar-refractivity contribution in [1.29, 1.82) is 0 Å². The van der Waals surface area contributed by atoms with E-state index in [1.54, 1.807) is 7.11 Å². The van der Waals surface area contributed by atoms with Crippen LogP contribution in [0.3, 0.4) is 0 Å². The number of ether oxygens (including phenoxy) is 1. The Kier molecular flexibility index (Phi) is 1.47. The standard InChI is InChI=1S/C8H13NO3/c1-12-5-8-2-7(3-8,4-9-8)6(10)11/h9H,2-5H2,1H3,(H,10,11). The maximum atomic E-state index is 10.8. The van der Waals surface area contributed by atoms with Crippen LogP contribution in [0.15, 0.2) is 0 Å². The molecule has 0 aromatic carbocycles. The molecule has 2 N–H and O–H groups in total. The number of aliphatic carboxylic acids is 1. The van der Waals surface area contributed by atoms with Gasteiger partial charge in [0.15, 0.2) is 0 Å². The first-order chi connectivity index (χ1) is 5.63. The minimum atomic E-state index is -0.667. The van der Waals surface area contributed by atoms with Gasteiger partial charge in [0, 0.05) is 19.2 Å². The Hall–Kier alpha value is -0.610. The molecule has 4 heteroatoms. The van der Waals surface area contributed by atoms with E-state index in [1.807, 2.05) is 0 Å². The predicted octanol–water partition coefficient (Wildman–Crippen LogP) is -0.160. The summed E-state index contributed by atoms with van der Waals surface area (Å²) in [6.07, 6.45) is 1.45. The van der Waals surface area contributed by atoms with E-state index < -0.39 is 11.4 Å². The van der Waals surface area contributed by atoms with Gasteiger partial charge in [-0.3, -0.25) is 4.79 Å². The van der Waals surface area contributed by atoms with E-state index in [2.05, 4.69) is 5.32 Å². The van der Waals surface area contributed by atoms with Gasteiger partial charge in [0.2, 0.25) is 0 Å². The van der Waals surface area contributed by atoms with Gasteiger partial charge in [-0.25, -0.2) is 0 Å². The molecule has 1 saturated carbocycles. The first-order valence-corrected chi connectivity index (χ1v) is 4.10. The van der Waals surface area contributed by atoms with Crippen molar-refractivity contribution in [2.24, 2.45) is 5.41 Å². The summed E-state index contributed by atoms with van der Waals surface area (Å²) in [4.78, 5) is 10.8. The number of carboxylic acid groups (broad SMARTS) is 1. The zero-order valence-corrected chi connectivity index (χ0v) is 7.09. The van der Waals surface area contributed by atoms with E-state index in [-0.39, 0.29) is 5.54 Å². The van der Waals surface area contributed by atoms with Gasteiger partial charge in [0.05, 0.1) is 12.0 Å². The number of fused-ring (bicyclic) bond motifs is 1. The van der Waals surface area contributed by atoms with Gasteiger partial charge in [-0.05, 0) is 12.8 Å². The lowest BCUT2D eigenvalue weighted by molar-refractivity contribution is -0.154. The summed E-state index contributed by atoms with van der Waals surface area (Å²) < 4.78 is 5.04. The highest BCUT2D eigenvalue weighted by Crippen LogP contribution is 2.54. The molecule has 2 bridgehead atoms. The topological polar surface area (TPSA) is 58.6 Å². The van der Waals surface area contributed by atoms with Crippen molar-refractivity contribution in [3.8, 4) is 0 Å². The van der Waals surface area contributed by atoms with Crippen LogP contribution in [0.1, 0.15) is 12.8 Å². The molecule has 0 radical (unpaired) electrons. The SMILES string of the molecule is COCC12CC(C(=O)O)(CN1)C2. The Morgan fingerprint density at radius 3 is 2.75 bits per heavy atom. The molecule has 3 rings (SSSR count). The van der Waals surface area contributed by atoms with Gasteiger partial charge in [-0.15, -0.1) is 0 Å². The fourth-order valence-electron chi connectivity index (χ4n) is 2.51. The molecule has 2 aliphatic heterocycles. The Labute approximate surface area is 70.9 Å². The zero-order valence-electron chi connectivity index (χ0n) is 7.09. The first kappa shape index (κ1) is 8.01. The quantitative estimate of drug-likeness (QED) is 0.619. The molecule has 12 heavy (non-hydrogen) atoms. The van der Waals surface area contributed by atoms with Crippen molar-refractivity contribution in [3.63, 3.8) is 0 Å².